The monoisotopic (exact) mass is 280 g/mol. The summed E-state index contributed by atoms with van der Waals surface area (Å²) in [6.07, 6.45) is 0. The average Bonchev–Trinajstić information content (AvgIpc) is 2.33. The first-order valence-electron chi connectivity index (χ1n) is 6.14. The van der Waals surface area contributed by atoms with Gasteiger partial charge in [0.15, 0.2) is 0 Å². The van der Waals surface area contributed by atoms with Gasteiger partial charge in [0.25, 0.3) is 0 Å². The molecule has 0 bridgehead atoms. The molecule has 0 aliphatic rings. The summed E-state index contributed by atoms with van der Waals surface area (Å²) < 4.78 is 0. The summed E-state index contributed by atoms with van der Waals surface area (Å²) in [7, 11) is 1.61. The van der Waals surface area contributed by atoms with Gasteiger partial charge < -0.3 is 16.0 Å². The van der Waals surface area contributed by atoms with Gasteiger partial charge in [-0.25, -0.2) is 4.98 Å². The van der Waals surface area contributed by atoms with E-state index in [0.29, 0.717) is 17.4 Å². The van der Waals surface area contributed by atoms with E-state index in [1.54, 1.807) is 7.05 Å². The molecule has 0 aliphatic carbocycles. The van der Waals surface area contributed by atoms with Crippen LogP contribution in [-0.2, 0) is 4.79 Å². The first-order chi connectivity index (χ1) is 8.90. The Bertz CT molecular complexity index is 502. The third-order valence-electron chi connectivity index (χ3n) is 2.87. The molecule has 0 atom stereocenters. The molecule has 0 aromatic carbocycles. The fourth-order valence-corrected chi connectivity index (χ4v) is 2.19. The van der Waals surface area contributed by atoms with Gasteiger partial charge in [-0.3, -0.25) is 4.79 Å². The van der Waals surface area contributed by atoms with Crippen LogP contribution in [0.2, 0.25) is 0 Å². The minimum atomic E-state index is -0.0725. The Balaban J connectivity index is 3.29. The van der Waals surface area contributed by atoms with Gasteiger partial charge in [0.1, 0.15) is 10.8 Å². The van der Waals surface area contributed by atoms with Crippen LogP contribution >= 0.6 is 12.2 Å². The van der Waals surface area contributed by atoms with Crippen LogP contribution in [-0.4, -0.2) is 36.0 Å². The number of anilines is 1. The maximum absolute atomic E-state index is 11.6. The molecule has 0 unspecified atom stereocenters. The number of nitrogens with two attached hydrogens (primary N) is 1. The van der Waals surface area contributed by atoms with Crippen molar-refractivity contribution < 1.29 is 4.79 Å². The second kappa shape index (κ2) is 6.47. The predicted molar refractivity (Wildman–Crippen MR) is 81.6 cm³/mol. The van der Waals surface area contributed by atoms with E-state index in [9.17, 15) is 4.79 Å². The Morgan fingerprint density at radius 2 is 2.16 bits per heavy atom. The van der Waals surface area contributed by atoms with E-state index in [1.807, 2.05) is 31.7 Å². The van der Waals surface area contributed by atoms with Crippen LogP contribution in [0.1, 0.15) is 23.7 Å². The van der Waals surface area contributed by atoms with Crippen molar-refractivity contribution in [3.8, 4) is 0 Å². The first kappa shape index (κ1) is 15.4. The Morgan fingerprint density at radius 1 is 1.53 bits per heavy atom. The molecular weight excluding hydrogens is 260 g/mol. The van der Waals surface area contributed by atoms with E-state index in [0.717, 1.165) is 16.8 Å². The van der Waals surface area contributed by atoms with E-state index in [2.05, 4.69) is 10.3 Å². The Morgan fingerprint density at radius 3 is 2.63 bits per heavy atom. The van der Waals surface area contributed by atoms with Gasteiger partial charge in [0.05, 0.1) is 12.1 Å². The minimum Gasteiger partial charge on any atom is -0.389 e. The lowest BCUT2D eigenvalue weighted by Gasteiger charge is -2.24. The van der Waals surface area contributed by atoms with Crippen LogP contribution in [0.3, 0.4) is 0 Å². The average molecular weight is 280 g/mol. The molecule has 0 fully saturated rings. The fourth-order valence-electron chi connectivity index (χ4n) is 1.94. The number of likely N-dealkylation sites (N-methyl/N-ethyl adjacent to an activating group) is 2. The molecule has 3 N–H and O–H groups in total. The van der Waals surface area contributed by atoms with Crippen molar-refractivity contribution in [2.75, 3.05) is 25.0 Å². The van der Waals surface area contributed by atoms with E-state index in [1.165, 1.54) is 0 Å². The summed E-state index contributed by atoms with van der Waals surface area (Å²) in [6.45, 7) is 6.71. The van der Waals surface area contributed by atoms with Crippen LogP contribution in [0.5, 0.6) is 0 Å². The van der Waals surface area contributed by atoms with Crippen molar-refractivity contribution in [1.29, 1.82) is 0 Å². The summed E-state index contributed by atoms with van der Waals surface area (Å²) in [5.74, 6) is 0.604. The molecule has 1 aromatic rings. The van der Waals surface area contributed by atoms with Gasteiger partial charge in [-0.05, 0) is 32.4 Å². The second-order valence-electron chi connectivity index (χ2n) is 4.33. The summed E-state index contributed by atoms with van der Waals surface area (Å²) in [4.78, 5) is 18.2. The third-order valence-corrected chi connectivity index (χ3v) is 3.07. The normalized spacial score (nSPS) is 10.1. The van der Waals surface area contributed by atoms with Gasteiger partial charge in [-0.15, -0.1) is 0 Å². The van der Waals surface area contributed by atoms with E-state index in [4.69, 9.17) is 18.0 Å². The van der Waals surface area contributed by atoms with Crippen LogP contribution in [0.4, 0.5) is 5.82 Å². The zero-order chi connectivity index (χ0) is 14.6. The summed E-state index contributed by atoms with van der Waals surface area (Å²) in [5, 5.41) is 2.60. The number of aromatic nitrogens is 1. The van der Waals surface area contributed by atoms with Crippen molar-refractivity contribution in [3.05, 3.63) is 22.9 Å². The highest BCUT2D eigenvalue weighted by atomic mass is 32.1. The van der Waals surface area contributed by atoms with E-state index in [-0.39, 0.29) is 12.5 Å². The second-order valence-corrected chi connectivity index (χ2v) is 4.77. The molecule has 0 aliphatic heterocycles. The molecule has 0 spiro atoms. The number of rotatable bonds is 5. The molecule has 104 valence electrons. The maximum atomic E-state index is 11.6. The topological polar surface area (TPSA) is 71.2 Å². The fraction of sp³-hybridized carbons (Fsp3) is 0.462. The van der Waals surface area contributed by atoms with Crippen molar-refractivity contribution in [1.82, 2.24) is 10.3 Å². The number of thiocarbonyl (C=S) groups is 1. The van der Waals surface area contributed by atoms with Crippen LogP contribution < -0.4 is 16.0 Å². The highest BCUT2D eigenvalue weighted by Crippen LogP contribution is 2.22. The van der Waals surface area contributed by atoms with Gasteiger partial charge >= 0.3 is 0 Å². The predicted octanol–water partition coefficient (Wildman–Crippen LogP) is 0.905. The maximum Gasteiger partial charge on any atom is 0.239 e. The molecule has 1 aromatic heterocycles. The van der Waals surface area contributed by atoms with E-state index >= 15 is 0 Å². The van der Waals surface area contributed by atoms with E-state index < -0.39 is 0 Å². The highest BCUT2D eigenvalue weighted by molar-refractivity contribution is 7.80. The number of amides is 1. The number of nitrogens with zero attached hydrogens (tertiary/aromatic N) is 2. The van der Waals surface area contributed by atoms with Gasteiger partial charge in [0, 0.05) is 19.3 Å². The summed E-state index contributed by atoms with van der Waals surface area (Å²) in [5.41, 5.74) is 8.38. The lowest BCUT2D eigenvalue weighted by atomic mass is 10.1. The summed E-state index contributed by atoms with van der Waals surface area (Å²) in [6, 6.07) is 1.94. The number of aryl methyl sites for hydroxylation is 2. The molecule has 19 heavy (non-hydrogen) atoms. The summed E-state index contributed by atoms with van der Waals surface area (Å²) >= 11 is 5.10. The Kier molecular flexibility index (Phi) is 5.23. The number of pyridine rings is 1. The van der Waals surface area contributed by atoms with Crippen molar-refractivity contribution in [2.45, 2.75) is 20.8 Å². The molecule has 1 rings (SSSR count). The highest BCUT2D eigenvalue weighted by Gasteiger charge is 2.18. The van der Waals surface area contributed by atoms with Gasteiger partial charge in [-0.2, -0.15) is 0 Å². The van der Waals surface area contributed by atoms with Crippen LogP contribution in [0.25, 0.3) is 0 Å². The zero-order valence-corrected chi connectivity index (χ0v) is 12.6. The number of carbonyl (C=O) groups is 1. The van der Waals surface area contributed by atoms with Crippen molar-refractivity contribution in [2.24, 2.45) is 5.73 Å². The molecule has 0 saturated carbocycles. The number of nitrogens with one attached hydrogen (secondary N) is 1. The first-order valence-corrected chi connectivity index (χ1v) is 6.55. The molecule has 1 heterocycles. The minimum absolute atomic E-state index is 0.0725. The third kappa shape index (κ3) is 3.64. The van der Waals surface area contributed by atoms with Crippen molar-refractivity contribution in [3.63, 3.8) is 0 Å². The molecule has 6 heteroatoms. The molecule has 0 saturated heterocycles. The number of hydrogen-bond donors (Lipinski definition) is 2. The van der Waals surface area contributed by atoms with Crippen LogP contribution in [0, 0.1) is 13.8 Å². The molecule has 5 nitrogen and oxygen atoms in total. The molecule has 1 amide bonds. The van der Waals surface area contributed by atoms with Gasteiger partial charge in [0.2, 0.25) is 5.91 Å². The number of hydrogen-bond acceptors (Lipinski definition) is 4. The largest absolute Gasteiger partial charge is 0.389 e. The quantitative estimate of drug-likeness (QED) is 0.784. The van der Waals surface area contributed by atoms with Gasteiger partial charge in [-0.1, -0.05) is 12.2 Å². The van der Waals surface area contributed by atoms with Crippen LogP contribution in [0.15, 0.2) is 6.07 Å². The lowest BCUT2D eigenvalue weighted by molar-refractivity contribution is -0.119. The molecule has 0 radical (unpaired) electrons. The molecular formula is C13H20N4OS. The standard InChI is InChI=1S/C13H20N4OS/c1-5-17(7-10(18)15-4)13-11(12(14)19)8(2)6-9(3)16-13/h6H,5,7H2,1-4H3,(H2,14,19)(H,15,18). The lowest BCUT2D eigenvalue weighted by Crippen LogP contribution is -2.37. The SMILES string of the molecule is CCN(CC(=O)NC)c1nc(C)cc(C)c1C(N)=S. The Labute approximate surface area is 119 Å². The Hall–Kier alpha value is -1.69. The smallest absolute Gasteiger partial charge is 0.239 e. The number of carbonyl (C=O) groups excluding carboxylic acids is 1. The zero-order valence-electron chi connectivity index (χ0n) is 11.8. The van der Waals surface area contributed by atoms with Crippen molar-refractivity contribution >= 4 is 28.9 Å².